The summed E-state index contributed by atoms with van der Waals surface area (Å²) in [6.45, 7) is 11.1. The number of rotatable bonds is 4. The maximum Gasteiger partial charge on any atom is 0.145 e. The van der Waals surface area contributed by atoms with Gasteiger partial charge < -0.3 is 0 Å². The minimum Gasteiger partial charge on any atom is -0.299 e. The van der Waals surface area contributed by atoms with Crippen LogP contribution in [0.15, 0.2) is 73.3 Å². The summed E-state index contributed by atoms with van der Waals surface area (Å²) < 4.78 is 4.49. The number of benzene rings is 3. The lowest BCUT2D eigenvalue weighted by molar-refractivity contribution is 0.740. The van der Waals surface area contributed by atoms with Crippen LogP contribution in [0.5, 0.6) is 0 Å². The minimum atomic E-state index is 0.426. The second-order valence-electron chi connectivity index (χ2n) is 9.77. The quantitative estimate of drug-likeness (QED) is 0.251. The first-order valence-electron chi connectivity index (χ1n) is 12.4. The van der Waals surface area contributed by atoms with Gasteiger partial charge in [0.15, 0.2) is 0 Å². The molecule has 174 valence electrons. The summed E-state index contributed by atoms with van der Waals surface area (Å²) in [5, 5.41) is 3.68. The molecule has 0 radical (unpaired) electrons. The fourth-order valence-electron chi connectivity index (χ4n) is 5.77. The number of para-hydroxylation sites is 1. The number of nitrogens with zero attached hydrogens (tertiary/aromatic N) is 4. The van der Waals surface area contributed by atoms with Crippen LogP contribution in [0.3, 0.4) is 0 Å². The van der Waals surface area contributed by atoms with Gasteiger partial charge in [-0.3, -0.25) is 8.97 Å². The molecule has 0 aliphatic heterocycles. The third kappa shape index (κ3) is 3.20. The average molecular weight is 459 g/mol. The Morgan fingerprint density at radius 1 is 0.857 bits per heavy atom. The van der Waals surface area contributed by atoms with Crippen LogP contribution in [0, 0.1) is 20.8 Å². The second kappa shape index (κ2) is 8.09. The molecule has 6 aromatic rings. The van der Waals surface area contributed by atoms with Crippen molar-refractivity contribution in [2.75, 3.05) is 0 Å². The molecule has 1 unspecified atom stereocenters. The Morgan fingerprint density at radius 2 is 1.60 bits per heavy atom. The van der Waals surface area contributed by atoms with Crippen molar-refractivity contribution in [3.05, 3.63) is 95.6 Å². The summed E-state index contributed by atoms with van der Waals surface area (Å²) >= 11 is 0. The molecule has 3 heterocycles. The van der Waals surface area contributed by atoms with Gasteiger partial charge in [-0.1, -0.05) is 61.9 Å². The first kappa shape index (κ1) is 21.6. The van der Waals surface area contributed by atoms with Crippen molar-refractivity contribution in [1.82, 2.24) is 18.9 Å². The molecule has 0 spiro atoms. The van der Waals surface area contributed by atoms with Gasteiger partial charge in [0.1, 0.15) is 11.5 Å². The van der Waals surface area contributed by atoms with Crippen LogP contribution in [0.2, 0.25) is 0 Å². The molecule has 1 atom stereocenters. The highest BCUT2D eigenvalue weighted by Crippen LogP contribution is 2.41. The van der Waals surface area contributed by atoms with Gasteiger partial charge in [0.05, 0.1) is 11.2 Å². The largest absolute Gasteiger partial charge is 0.299 e. The van der Waals surface area contributed by atoms with E-state index in [-0.39, 0.29) is 0 Å². The summed E-state index contributed by atoms with van der Waals surface area (Å²) in [6.07, 6.45) is 9.06. The van der Waals surface area contributed by atoms with E-state index in [1.165, 1.54) is 44.1 Å². The van der Waals surface area contributed by atoms with Crippen LogP contribution < -0.4 is 0 Å². The Morgan fingerprint density at radius 3 is 2.37 bits per heavy atom. The highest BCUT2D eigenvalue weighted by molar-refractivity contribution is 6.18. The molecule has 0 aliphatic rings. The first-order chi connectivity index (χ1) is 17.0. The van der Waals surface area contributed by atoms with Gasteiger partial charge in [0, 0.05) is 46.5 Å². The standard InChI is InChI=1S/C31H30N4/c1-6-20(3)23-11-12-25(30-32-14-16-35(30)29-21(4)17-19(2)18-22(29)5)27-24-9-7-8-10-26(24)34-15-13-33-31(34)28(23)27/h7-18,20H,6H2,1-5H3. The lowest BCUT2D eigenvalue weighted by Gasteiger charge is -2.20. The molecular weight excluding hydrogens is 428 g/mol. The van der Waals surface area contributed by atoms with Crippen molar-refractivity contribution in [1.29, 1.82) is 0 Å². The number of aromatic nitrogens is 4. The summed E-state index contributed by atoms with van der Waals surface area (Å²) in [6, 6.07) is 17.7. The van der Waals surface area contributed by atoms with Gasteiger partial charge in [0.25, 0.3) is 0 Å². The smallest absolute Gasteiger partial charge is 0.145 e. The molecular formula is C31H30N4. The van der Waals surface area contributed by atoms with E-state index >= 15 is 0 Å². The van der Waals surface area contributed by atoms with Gasteiger partial charge in [-0.25, -0.2) is 9.97 Å². The van der Waals surface area contributed by atoms with Crippen LogP contribution in [0.25, 0.3) is 44.4 Å². The number of imidazole rings is 2. The summed E-state index contributed by atoms with van der Waals surface area (Å²) in [7, 11) is 0. The molecule has 0 saturated heterocycles. The molecule has 0 aliphatic carbocycles. The van der Waals surface area contributed by atoms with Gasteiger partial charge in [-0.15, -0.1) is 0 Å². The number of fused-ring (bicyclic) bond motifs is 6. The van der Waals surface area contributed by atoms with Crippen LogP contribution in [-0.4, -0.2) is 18.9 Å². The van der Waals surface area contributed by atoms with E-state index in [4.69, 9.17) is 9.97 Å². The van der Waals surface area contributed by atoms with Crippen molar-refractivity contribution >= 4 is 27.3 Å². The molecule has 3 aromatic heterocycles. The van der Waals surface area contributed by atoms with E-state index in [0.29, 0.717) is 5.92 Å². The number of pyridine rings is 1. The number of hydrogen-bond acceptors (Lipinski definition) is 2. The maximum atomic E-state index is 4.92. The molecule has 0 saturated carbocycles. The lowest BCUT2D eigenvalue weighted by atomic mass is 9.89. The van der Waals surface area contributed by atoms with Crippen molar-refractivity contribution in [2.24, 2.45) is 0 Å². The molecule has 6 rings (SSSR count). The van der Waals surface area contributed by atoms with Gasteiger partial charge >= 0.3 is 0 Å². The van der Waals surface area contributed by atoms with Gasteiger partial charge in [0.2, 0.25) is 0 Å². The van der Waals surface area contributed by atoms with Crippen molar-refractivity contribution in [3.63, 3.8) is 0 Å². The Hall–Kier alpha value is -3.92. The zero-order valence-electron chi connectivity index (χ0n) is 21.0. The van der Waals surface area contributed by atoms with E-state index in [0.717, 1.165) is 29.0 Å². The molecule has 0 amide bonds. The SMILES string of the molecule is CCC(C)c1ccc(-c2nccn2-c2c(C)cc(C)cc2C)c2c3ccccc3n3ccnc3c12. The molecule has 3 aromatic carbocycles. The van der Waals surface area contributed by atoms with Crippen molar-refractivity contribution < 1.29 is 0 Å². The van der Waals surface area contributed by atoms with E-state index in [1.54, 1.807) is 0 Å². The third-order valence-corrected chi connectivity index (χ3v) is 7.44. The van der Waals surface area contributed by atoms with Crippen molar-refractivity contribution in [2.45, 2.75) is 47.0 Å². The number of aryl methyl sites for hydroxylation is 3. The normalized spacial score (nSPS) is 12.7. The zero-order chi connectivity index (χ0) is 24.3. The van der Waals surface area contributed by atoms with Crippen molar-refractivity contribution in [3.8, 4) is 17.1 Å². The van der Waals surface area contributed by atoms with Crippen LogP contribution in [-0.2, 0) is 0 Å². The van der Waals surface area contributed by atoms with E-state index in [1.807, 2.05) is 12.4 Å². The Bertz CT molecular complexity index is 1710. The Kier molecular flexibility index (Phi) is 4.99. The third-order valence-electron chi connectivity index (χ3n) is 7.44. The summed E-state index contributed by atoms with van der Waals surface area (Å²) in [4.78, 5) is 9.77. The van der Waals surface area contributed by atoms with Gasteiger partial charge in [-0.05, 0) is 55.9 Å². The predicted octanol–water partition coefficient (Wildman–Crippen LogP) is 7.93. The average Bonchev–Trinajstić information content (AvgIpc) is 3.53. The topological polar surface area (TPSA) is 35.1 Å². The first-order valence-corrected chi connectivity index (χ1v) is 12.4. The number of hydrogen-bond donors (Lipinski definition) is 0. The van der Waals surface area contributed by atoms with Crippen LogP contribution in [0.4, 0.5) is 0 Å². The molecule has 0 N–H and O–H groups in total. The fourth-order valence-corrected chi connectivity index (χ4v) is 5.77. The lowest BCUT2D eigenvalue weighted by Crippen LogP contribution is -2.04. The zero-order valence-corrected chi connectivity index (χ0v) is 21.0. The highest BCUT2D eigenvalue weighted by Gasteiger charge is 2.22. The van der Waals surface area contributed by atoms with Crippen LogP contribution in [0.1, 0.15) is 48.4 Å². The fraction of sp³-hybridized carbons (Fsp3) is 0.226. The molecule has 0 fully saturated rings. The van der Waals surface area contributed by atoms with E-state index in [9.17, 15) is 0 Å². The van der Waals surface area contributed by atoms with Gasteiger partial charge in [-0.2, -0.15) is 0 Å². The van der Waals surface area contributed by atoms with Crippen LogP contribution >= 0.6 is 0 Å². The maximum absolute atomic E-state index is 4.92. The monoisotopic (exact) mass is 458 g/mol. The summed E-state index contributed by atoms with van der Waals surface area (Å²) in [5.74, 6) is 1.39. The minimum absolute atomic E-state index is 0.426. The molecule has 0 bridgehead atoms. The molecule has 4 heteroatoms. The molecule has 35 heavy (non-hydrogen) atoms. The molecule has 4 nitrogen and oxygen atoms in total. The Labute approximate surface area is 205 Å². The Balaban J connectivity index is 1.78. The predicted molar refractivity (Wildman–Crippen MR) is 146 cm³/mol. The summed E-state index contributed by atoms with van der Waals surface area (Å²) in [5.41, 5.74) is 9.64. The highest BCUT2D eigenvalue weighted by atomic mass is 15.1. The van der Waals surface area contributed by atoms with E-state index < -0.39 is 0 Å². The second-order valence-corrected chi connectivity index (χ2v) is 9.77. The van der Waals surface area contributed by atoms with E-state index in [2.05, 4.69) is 105 Å².